The van der Waals surface area contributed by atoms with Gasteiger partial charge in [0.2, 0.25) is 5.91 Å². The van der Waals surface area contributed by atoms with Gasteiger partial charge in [0.25, 0.3) is 0 Å². The van der Waals surface area contributed by atoms with Crippen LogP contribution in [0.25, 0.3) is 0 Å². The molecule has 0 rings (SSSR count). The quantitative estimate of drug-likeness (QED) is 0.0320. The fourth-order valence-corrected chi connectivity index (χ4v) is 11.4. The molecular weight excluding hydrogens is 983 g/mol. The molecule has 0 heterocycles. The number of hydrogen-bond acceptors (Lipinski definition) is 5. The summed E-state index contributed by atoms with van der Waals surface area (Å²) in [6, 6.07) is -0.637. The lowest BCUT2D eigenvalue weighted by atomic mass is 10.0. The number of nitrogens with one attached hydrogen (secondary N) is 1. The minimum Gasteiger partial charge on any atom is -0.466 e. The van der Waals surface area contributed by atoms with Crippen LogP contribution in [0.3, 0.4) is 0 Å². The summed E-state index contributed by atoms with van der Waals surface area (Å²) in [6.07, 6.45) is 89.4. The first-order valence-electron chi connectivity index (χ1n) is 36.3. The third-order valence-corrected chi connectivity index (χ3v) is 16.9. The molecule has 0 aliphatic carbocycles. The van der Waals surface area contributed by atoms with Crippen molar-refractivity contribution in [3.05, 3.63) is 36.5 Å². The van der Waals surface area contributed by atoms with Gasteiger partial charge in [-0.25, -0.2) is 0 Å². The number of allylic oxidation sites excluding steroid dienone is 5. The van der Waals surface area contributed by atoms with Crippen LogP contribution in [0, 0.1) is 0 Å². The van der Waals surface area contributed by atoms with Gasteiger partial charge in [0.1, 0.15) is 0 Å². The Labute approximate surface area is 500 Å². The second-order valence-corrected chi connectivity index (χ2v) is 24.9. The molecule has 0 spiro atoms. The summed E-state index contributed by atoms with van der Waals surface area (Å²) in [4.78, 5) is 24.6. The number of rotatable bonds is 68. The molecule has 0 aromatic rings. The van der Waals surface area contributed by atoms with Gasteiger partial charge in [0, 0.05) is 12.8 Å². The fourth-order valence-electron chi connectivity index (χ4n) is 11.4. The molecule has 3 N–H and O–H groups in total. The number of unbranched alkanes of at least 4 members (excludes halogenated alkanes) is 53. The highest BCUT2D eigenvalue weighted by Crippen LogP contribution is 2.19. The highest BCUT2D eigenvalue weighted by Gasteiger charge is 2.18. The summed E-state index contributed by atoms with van der Waals surface area (Å²) >= 11 is 0. The third-order valence-electron chi connectivity index (χ3n) is 16.9. The zero-order valence-electron chi connectivity index (χ0n) is 54.1. The van der Waals surface area contributed by atoms with E-state index in [0.29, 0.717) is 19.4 Å². The number of carbonyl (C=O) groups excluding carboxylic acids is 2. The van der Waals surface area contributed by atoms with Crippen LogP contribution in [-0.4, -0.2) is 47.4 Å². The largest absolute Gasteiger partial charge is 0.466 e. The van der Waals surface area contributed by atoms with Crippen molar-refractivity contribution in [3.8, 4) is 0 Å². The van der Waals surface area contributed by atoms with Crippen LogP contribution < -0.4 is 5.32 Å². The predicted octanol–water partition coefficient (Wildman–Crippen LogP) is 23.5. The molecule has 0 aromatic carbocycles. The maximum Gasteiger partial charge on any atom is 0.305 e. The molecule has 80 heavy (non-hydrogen) atoms. The van der Waals surface area contributed by atoms with E-state index in [1.54, 1.807) is 6.08 Å². The van der Waals surface area contributed by atoms with Gasteiger partial charge >= 0.3 is 5.97 Å². The van der Waals surface area contributed by atoms with E-state index in [1.165, 1.54) is 315 Å². The fraction of sp³-hybridized carbons (Fsp3) is 0.892. The van der Waals surface area contributed by atoms with E-state index >= 15 is 0 Å². The zero-order chi connectivity index (χ0) is 57.8. The van der Waals surface area contributed by atoms with Crippen molar-refractivity contribution in [3.63, 3.8) is 0 Å². The molecule has 0 aliphatic rings. The van der Waals surface area contributed by atoms with Crippen molar-refractivity contribution in [2.75, 3.05) is 13.2 Å². The molecule has 1 amide bonds. The Morgan fingerprint density at radius 2 is 0.625 bits per heavy atom. The molecule has 0 saturated carbocycles. The minimum atomic E-state index is -0.853. The number of aliphatic hydroxyl groups is 2. The molecule has 2 unspecified atom stereocenters. The molecule has 0 saturated heterocycles. The Kier molecular flexibility index (Phi) is 67.9. The van der Waals surface area contributed by atoms with Crippen molar-refractivity contribution in [2.45, 2.75) is 411 Å². The van der Waals surface area contributed by atoms with Crippen molar-refractivity contribution in [1.29, 1.82) is 0 Å². The van der Waals surface area contributed by atoms with E-state index in [9.17, 15) is 19.8 Å². The summed E-state index contributed by atoms with van der Waals surface area (Å²) in [7, 11) is 0. The molecular formula is C74H141NO5. The number of amides is 1. The van der Waals surface area contributed by atoms with E-state index in [1.807, 2.05) is 6.08 Å². The van der Waals surface area contributed by atoms with Gasteiger partial charge in [-0.3, -0.25) is 9.59 Å². The van der Waals surface area contributed by atoms with Gasteiger partial charge in [-0.1, -0.05) is 359 Å². The van der Waals surface area contributed by atoms with Gasteiger partial charge in [-0.2, -0.15) is 0 Å². The Hall–Kier alpha value is -1.92. The van der Waals surface area contributed by atoms with Crippen LogP contribution in [-0.2, 0) is 14.3 Å². The average Bonchev–Trinajstić information content (AvgIpc) is 3.46. The molecule has 472 valence electrons. The second-order valence-electron chi connectivity index (χ2n) is 24.9. The lowest BCUT2D eigenvalue weighted by Crippen LogP contribution is -2.45. The van der Waals surface area contributed by atoms with E-state index in [2.05, 4.69) is 43.5 Å². The molecule has 0 bridgehead atoms. The summed E-state index contributed by atoms with van der Waals surface area (Å²) in [5.74, 6) is -0.0634. The lowest BCUT2D eigenvalue weighted by Gasteiger charge is -2.20. The van der Waals surface area contributed by atoms with Crippen molar-refractivity contribution in [1.82, 2.24) is 5.32 Å². The highest BCUT2D eigenvalue weighted by molar-refractivity contribution is 5.76. The van der Waals surface area contributed by atoms with Gasteiger partial charge in [-0.05, 0) is 64.2 Å². The minimum absolute atomic E-state index is 0.0112. The molecule has 0 fully saturated rings. The van der Waals surface area contributed by atoms with Crippen molar-refractivity contribution < 1.29 is 24.5 Å². The highest BCUT2D eigenvalue weighted by atomic mass is 16.5. The van der Waals surface area contributed by atoms with E-state index in [0.717, 1.165) is 57.8 Å². The zero-order valence-corrected chi connectivity index (χ0v) is 54.1. The van der Waals surface area contributed by atoms with E-state index in [-0.39, 0.29) is 18.5 Å². The van der Waals surface area contributed by atoms with E-state index in [4.69, 9.17) is 4.74 Å². The standard InChI is InChI=1S/C74H141NO5/c1-3-5-7-9-11-13-15-17-19-21-22-23-25-28-31-35-38-42-46-50-54-58-62-66-72(77)71(70-76)75-73(78)67-63-59-55-51-47-43-39-36-32-29-26-24-27-30-33-37-41-45-49-53-57-61-65-69-80-74(79)68-64-60-56-52-48-44-40-34-20-18-16-14-12-10-8-6-4-2/h24,27,29,32,62,66,71-72,76-77H,3-23,25-26,28,30-31,33-61,63-65,67-70H2,1-2H3,(H,75,78)/b27-24-,32-29-,66-62+. The number of hydrogen-bond donors (Lipinski definition) is 3. The molecule has 0 aromatic heterocycles. The van der Waals surface area contributed by atoms with Crippen LogP contribution in [0.15, 0.2) is 36.5 Å². The molecule has 0 aliphatic heterocycles. The number of esters is 1. The van der Waals surface area contributed by atoms with Crippen LogP contribution in [0.1, 0.15) is 399 Å². The van der Waals surface area contributed by atoms with Gasteiger partial charge in [0.05, 0.1) is 25.4 Å². The number of aliphatic hydroxyl groups excluding tert-OH is 2. The first-order valence-corrected chi connectivity index (χ1v) is 36.3. The monoisotopic (exact) mass is 1120 g/mol. The summed E-state index contributed by atoms with van der Waals surface area (Å²) < 4.78 is 5.50. The van der Waals surface area contributed by atoms with Gasteiger partial charge < -0.3 is 20.3 Å². The maximum absolute atomic E-state index is 12.5. The Balaban J connectivity index is 3.46. The maximum atomic E-state index is 12.5. The van der Waals surface area contributed by atoms with E-state index < -0.39 is 12.1 Å². The second kappa shape index (κ2) is 69.6. The lowest BCUT2D eigenvalue weighted by molar-refractivity contribution is -0.143. The van der Waals surface area contributed by atoms with Crippen molar-refractivity contribution >= 4 is 11.9 Å². The number of carbonyl (C=O) groups is 2. The van der Waals surface area contributed by atoms with Crippen LogP contribution in [0.2, 0.25) is 0 Å². The van der Waals surface area contributed by atoms with Crippen LogP contribution in [0.5, 0.6) is 0 Å². The third kappa shape index (κ3) is 65.2. The van der Waals surface area contributed by atoms with Crippen LogP contribution in [0.4, 0.5) is 0 Å². The Morgan fingerprint density at radius 3 is 0.950 bits per heavy atom. The average molecular weight is 1120 g/mol. The summed E-state index contributed by atoms with van der Waals surface area (Å²) in [5, 5.41) is 23.3. The van der Waals surface area contributed by atoms with Gasteiger partial charge in [-0.15, -0.1) is 0 Å². The smallest absolute Gasteiger partial charge is 0.305 e. The van der Waals surface area contributed by atoms with Crippen molar-refractivity contribution in [2.24, 2.45) is 0 Å². The number of ether oxygens (including phenoxy) is 1. The predicted molar refractivity (Wildman–Crippen MR) is 352 cm³/mol. The molecule has 6 heteroatoms. The first-order chi connectivity index (χ1) is 39.5. The van der Waals surface area contributed by atoms with Gasteiger partial charge in [0.15, 0.2) is 0 Å². The van der Waals surface area contributed by atoms with Crippen LogP contribution >= 0.6 is 0 Å². The molecule has 2 atom stereocenters. The molecule has 6 nitrogen and oxygen atoms in total. The summed E-state index contributed by atoms with van der Waals surface area (Å²) in [6.45, 7) is 4.94. The molecule has 0 radical (unpaired) electrons. The summed E-state index contributed by atoms with van der Waals surface area (Å²) in [5.41, 5.74) is 0. The normalized spacial score (nSPS) is 12.7. The Morgan fingerprint density at radius 1 is 0.350 bits per heavy atom. The first kappa shape index (κ1) is 78.1. The SMILES string of the molecule is CCCCCCCCCCCCCCCCCCCCCCC/C=C/C(O)C(CO)NC(=O)CCCCCCCCC/C=C\C/C=C\CCCCCCCCCCCOC(=O)CCCCCCCCCCCCCCCCCCC. The Bertz CT molecular complexity index is 1300. The topological polar surface area (TPSA) is 95.9 Å².